The maximum atomic E-state index is 14.7. The van der Waals surface area contributed by atoms with Gasteiger partial charge in [-0.1, -0.05) is 42.5 Å². The minimum absolute atomic E-state index is 0.00815. The maximum Gasteiger partial charge on any atom is 0.267 e. The van der Waals surface area contributed by atoms with Crippen molar-refractivity contribution < 1.29 is 22.3 Å². The Balaban J connectivity index is 1.55. The SMILES string of the molecule is C=CCN(c1ccccc1)S(=O)(=O)c1cc(C(=O)Nc2ccc(Oc3ccccc3)cc2)ccc1F. The van der Waals surface area contributed by atoms with Crippen LogP contribution in [0.3, 0.4) is 0 Å². The van der Waals surface area contributed by atoms with Gasteiger partial charge >= 0.3 is 0 Å². The molecule has 1 N–H and O–H groups in total. The van der Waals surface area contributed by atoms with Gasteiger partial charge in [-0.3, -0.25) is 9.10 Å². The van der Waals surface area contributed by atoms with Crippen molar-refractivity contribution in [2.45, 2.75) is 4.90 Å². The van der Waals surface area contributed by atoms with E-state index in [1.54, 1.807) is 54.6 Å². The molecule has 0 aromatic heterocycles. The van der Waals surface area contributed by atoms with Crippen LogP contribution in [0.2, 0.25) is 0 Å². The number of para-hydroxylation sites is 2. The quantitative estimate of drug-likeness (QED) is 0.275. The zero-order valence-corrected chi connectivity index (χ0v) is 20.0. The first-order valence-electron chi connectivity index (χ1n) is 11.0. The molecule has 0 aliphatic carbocycles. The largest absolute Gasteiger partial charge is 0.457 e. The number of amides is 1. The van der Waals surface area contributed by atoms with Gasteiger partial charge in [0, 0.05) is 11.3 Å². The number of benzene rings is 4. The van der Waals surface area contributed by atoms with Crippen LogP contribution in [0.5, 0.6) is 11.5 Å². The number of hydrogen-bond donors (Lipinski definition) is 1. The Morgan fingerprint density at radius 1 is 0.889 bits per heavy atom. The van der Waals surface area contributed by atoms with Gasteiger partial charge in [0.05, 0.1) is 12.2 Å². The van der Waals surface area contributed by atoms with Crippen molar-refractivity contribution in [1.82, 2.24) is 0 Å². The molecule has 4 aromatic carbocycles. The highest BCUT2D eigenvalue weighted by molar-refractivity contribution is 7.92. The van der Waals surface area contributed by atoms with E-state index in [2.05, 4.69) is 11.9 Å². The Bertz CT molecular complexity index is 1460. The summed E-state index contributed by atoms with van der Waals surface area (Å²) in [6.07, 6.45) is 1.41. The topological polar surface area (TPSA) is 75.7 Å². The van der Waals surface area contributed by atoms with E-state index in [0.717, 1.165) is 16.4 Å². The van der Waals surface area contributed by atoms with Gasteiger partial charge in [-0.15, -0.1) is 6.58 Å². The standard InChI is InChI=1S/C28H23FN2O4S/c1-2-19-31(23-9-5-3-6-10-23)36(33,34)27-20-21(13-18-26(27)29)28(32)30-22-14-16-25(17-15-22)35-24-11-7-4-8-12-24/h2-18,20H,1,19H2,(H,30,32). The van der Waals surface area contributed by atoms with Crippen LogP contribution in [0.4, 0.5) is 15.8 Å². The van der Waals surface area contributed by atoms with Crippen LogP contribution in [0.25, 0.3) is 0 Å². The molecule has 4 aromatic rings. The highest BCUT2D eigenvalue weighted by Crippen LogP contribution is 2.27. The molecule has 0 saturated heterocycles. The molecule has 0 saturated carbocycles. The molecular weight excluding hydrogens is 479 g/mol. The molecule has 0 aliphatic heterocycles. The highest BCUT2D eigenvalue weighted by atomic mass is 32.2. The second kappa shape index (κ2) is 10.9. The first kappa shape index (κ1) is 24.7. The third-order valence-electron chi connectivity index (χ3n) is 5.19. The number of nitrogens with zero attached hydrogens (tertiary/aromatic N) is 1. The van der Waals surface area contributed by atoms with E-state index in [-0.39, 0.29) is 12.1 Å². The Kier molecular flexibility index (Phi) is 7.46. The lowest BCUT2D eigenvalue weighted by molar-refractivity contribution is 0.102. The lowest BCUT2D eigenvalue weighted by Crippen LogP contribution is -2.32. The third kappa shape index (κ3) is 5.61. The van der Waals surface area contributed by atoms with E-state index in [1.165, 1.54) is 12.1 Å². The van der Waals surface area contributed by atoms with Crippen LogP contribution in [0.15, 0.2) is 121 Å². The second-order valence-corrected chi connectivity index (χ2v) is 9.53. The average molecular weight is 503 g/mol. The van der Waals surface area contributed by atoms with Gasteiger partial charge < -0.3 is 10.1 Å². The van der Waals surface area contributed by atoms with Crippen LogP contribution in [0, 0.1) is 5.82 Å². The Hall–Kier alpha value is -4.43. The summed E-state index contributed by atoms with van der Waals surface area (Å²) in [7, 11) is -4.32. The summed E-state index contributed by atoms with van der Waals surface area (Å²) in [4.78, 5) is 12.3. The van der Waals surface area contributed by atoms with E-state index in [1.807, 2.05) is 30.3 Å². The molecule has 0 heterocycles. The molecule has 36 heavy (non-hydrogen) atoms. The fourth-order valence-corrected chi connectivity index (χ4v) is 4.98. The van der Waals surface area contributed by atoms with Gasteiger partial charge in [-0.2, -0.15) is 0 Å². The monoisotopic (exact) mass is 502 g/mol. The zero-order chi connectivity index (χ0) is 25.5. The minimum Gasteiger partial charge on any atom is -0.457 e. The van der Waals surface area contributed by atoms with Crippen molar-refractivity contribution in [2.75, 3.05) is 16.2 Å². The number of hydrogen-bond acceptors (Lipinski definition) is 4. The van der Waals surface area contributed by atoms with Crippen LogP contribution in [-0.2, 0) is 10.0 Å². The highest BCUT2D eigenvalue weighted by Gasteiger charge is 2.28. The molecule has 182 valence electrons. The van der Waals surface area contributed by atoms with Crippen LogP contribution in [-0.4, -0.2) is 20.9 Å². The number of nitrogens with one attached hydrogen (secondary N) is 1. The number of sulfonamides is 1. The molecule has 1 amide bonds. The third-order valence-corrected chi connectivity index (χ3v) is 7.00. The van der Waals surface area contributed by atoms with Gasteiger partial charge in [0.1, 0.15) is 22.2 Å². The zero-order valence-electron chi connectivity index (χ0n) is 19.2. The molecule has 0 atom stereocenters. The second-order valence-electron chi connectivity index (χ2n) is 7.70. The average Bonchev–Trinajstić information content (AvgIpc) is 2.89. The number of rotatable bonds is 9. The lowest BCUT2D eigenvalue weighted by atomic mass is 10.2. The fourth-order valence-electron chi connectivity index (χ4n) is 3.45. The van der Waals surface area contributed by atoms with Gasteiger partial charge in [0.15, 0.2) is 0 Å². The van der Waals surface area contributed by atoms with Crippen LogP contribution >= 0.6 is 0 Å². The number of anilines is 2. The Morgan fingerprint density at radius 3 is 2.14 bits per heavy atom. The minimum atomic E-state index is -4.32. The predicted molar refractivity (Wildman–Crippen MR) is 138 cm³/mol. The van der Waals surface area contributed by atoms with Gasteiger partial charge in [0.25, 0.3) is 15.9 Å². The Morgan fingerprint density at radius 2 is 1.50 bits per heavy atom. The van der Waals surface area contributed by atoms with Crippen molar-refractivity contribution in [3.63, 3.8) is 0 Å². The molecule has 4 rings (SSSR count). The molecule has 0 fully saturated rings. The van der Waals surface area contributed by atoms with E-state index in [9.17, 15) is 17.6 Å². The maximum absolute atomic E-state index is 14.7. The Labute approximate surface area is 209 Å². The van der Waals surface area contributed by atoms with Crippen molar-refractivity contribution in [3.05, 3.63) is 127 Å². The van der Waals surface area contributed by atoms with Crippen LogP contribution < -0.4 is 14.4 Å². The number of halogens is 1. The predicted octanol–water partition coefficient (Wildman–Crippen LogP) is 6.25. The molecule has 6 nitrogen and oxygen atoms in total. The summed E-state index contributed by atoms with van der Waals surface area (Å²) in [5, 5.41) is 2.69. The first-order chi connectivity index (χ1) is 17.4. The molecule has 0 unspecified atom stereocenters. The molecule has 0 aliphatic rings. The van der Waals surface area contributed by atoms with Crippen molar-refractivity contribution in [1.29, 1.82) is 0 Å². The molecule has 0 spiro atoms. The normalized spacial score (nSPS) is 10.9. The van der Waals surface area contributed by atoms with E-state index in [0.29, 0.717) is 22.9 Å². The van der Waals surface area contributed by atoms with Gasteiger partial charge in [0.2, 0.25) is 0 Å². The lowest BCUT2D eigenvalue weighted by Gasteiger charge is -2.23. The summed E-state index contributed by atoms with van der Waals surface area (Å²) in [6, 6.07) is 27.5. The summed E-state index contributed by atoms with van der Waals surface area (Å²) in [5.74, 6) is -0.287. The van der Waals surface area contributed by atoms with E-state index < -0.39 is 26.6 Å². The van der Waals surface area contributed by atoms with Gasteiger partial charge in [-0.05, 0) is 66.7 Å². The molecule has 0 radical (unpaired) electrons. The summed E-state index contributed by atoms with van der Waals surface area (Å²) in [5.41, 5.74) is 0.808. The summed E-state index contributed by atoms with van der Waals surface area (Å²) < 4.78 is 48.2. The van der Waals surface area contributed by atoms with E-state index >= 15 is 0 Å². The number of carbonyl (C=O) groups is 1. The van der Waals surface area contributed by atoms with Gasteiger partial charge in [-0.25, -0.2) is 12.8 Å². The summed E-state index contributed by atoms with van der Waals surface area (Å²) >= 11 is 0. The fraction of sp³-hybridized carbons (Fsp3) is 0.0357. The van der Waals surface area contributed by atoms with Crippen molar-refractivity contribution >= 4 is 27.3 Å². The number of carbonyl (C=O) groups excluding carboxylic acids is 1. The molecular formula is C28H23FN2O4S. The molecule has 0 bridgehead atoms. The number of ether oxygens (including phenoxy) is 1. The van der Waals surface area contributed by atoms with Crippen LogP contribution in [0.1, 0.15) is 10.4 Å². The summed E-state index contributed by atoms with van der Waals surface area (Å²) in [6.45, 7) is 3.53. The van der Waals surface area contributed by atoms with Crippen molar-refractivity contribution in [3.8, 4) is 11.5 Å². The smallest absolute Gasteiger partial charge is 0.267 e. The first-order valence-corrected chi connectivity index (χ1v) is 12.4. The van der Waals surface area contributed by atoms with E-state index in [4.69, 9.17) is 4.74 Å². The van der Waals surface area contributed by atoms with Crippen molar-refractivity contribution in [2.24, 2.45) is 0 Å². The molecule has 8 heteroatoms.